The first kappa shape index (κ1) is 20.0. The lowest BCUT2D eigenvalue weighted by Crippen LogP contribution is -2.29. The zero-order chi connectivity index (χ0) is 19.2. The third kappa shape index (κ3) is 5.38. The van der Waals surface area contributed by atoms with Crippen molar-refractivity contribution < 1.29 is 8.78 Å². The lowest BCUT2D eigenvalue weighted by Gasteiger charge is -2.29. The Morgan fingerprint density at radius 1 is 0.926 bits per heavy atom. The van der Waals surface area contributed by atoms with Crippen LogP contribution in [0, 0.1) is 0 Å². The molecule has 3 atom stereocenters. The van der Waals surface area contributed by atoms with Gasteiger partial charge in [0.05, 0.1) is 0 Å². The molecule has 0 aliphatic heterocycles. The van der Waals surface area contributed by atoms with E-state index in [2.05, 4.69) is 43.1 Å². The molecule has 0 saturated heterocycles. The van der Waals surface area contributed by atoms with Gasteiger partial charge in [-0.15, -0.1) is 0 Å². The molecule has 27 heavy (non-hydrogen) atoms. The van der Waals surface area contributed by atoms with Gasteiger partial charge in [0.15, 0.2) is 0 Å². The highest BCUT2D eigenvalue weighted by atomic mass is 19.1. The van der Waals surface area contributed by atoms with Gasteiger partial charge in [-0.2, -0.15) is 0 Å². The molecule has 2 aromatic rings. The quantitative estimate of drug-likeness (QED) is 0.570. The largest absolute Gasteiger partial charge is 0.299 e. The smallest absolute Gasteiger partial charge is 0.110 e. The summed E-state index contributed by atoms with van der Waals surface area (Å²) in [6, 6.07) is 18.9. The molecule has 0 amide bonds. The Hall–Kier alpha value is -1.74. The fraction of sp³-hybridized carbons (Fsp3) is 0.500. The molecule has 0 spiro atoms. The summed E-state index contributed by atoms with van der Waals surface area (Å²) < 4.78 is 28.3. The summed E-state index contributed by atoms with van der Waals surface area (Å²) in [5.74, 6) is -0.580. The second kappa shape index (κ2) is 9.45. The van der Waals surface area contributed by atoms with Crippen LogP contribution < -0.4 is 0 Å². The standard InChI is InChI=1S/C24H31F2N/c1-18(27(2)17-20-7-4-3-5-8-20)11-12-19-13-15-21(16-14-19)24-22(25)9-6-10-23(24)26/h3-5,7-8,13-16,18,22-24H,6,9-12,17H2,1-2H3. The van der Waals surface area contributed by atoms with Gasteiger partial charge >= 0.3 is 0 Å². The van der Waals surface area contributed by atoms with E-state index in [-0.39, 0.29) is 0 Å². The highest BCUT2D eigenvalue weighted by Gasteiger charge is 2.34. The Labute approximate surface area is 162 Å². The molecule has 0 aromatic heterocycles. The summed E-state index contributed by atoms with van der Waals surface area (Å²) in [6.07, 6.45) is 1.56. The van der Waals surface area contributed by atoms with Crippen LogP contribution in [0.15, 0.2) is 54.6 Å². The van der Waals surface area contributed by atoms with E-state index in [1.54, 1.807) is 0 Å². The van der Waals surface area contributed by atoms with Crippen molar-refractivity contribution in [3.05, 3.63) is 71.3 Å². The van der Waals surface area contributed by atoms with Crippen LogP contribution in [0.5, 0.6) is 0 Å². The molecule has 3 rings (SSSR count). The zero-order valence-electron chi connectivity index (χ0n) is 16.5. The predicted molar refractivity (Wildman–Crippen MR) is 109 cm³/mol. The number of hydrogen-bond acceptors (Lipinski definition) is 1. The third-order valence-corrected chi connectivity index (χ3v) is 5.98. The van der Waals surface area contributed by atoms with E-state index >= 15 is 0 Å². The van der Waals surface area contributed by atoms with Gasteiger partial charge in [-0.25, -0.2) is 8.78 Å². The molecule has 1 saturated carbocycles. The van der Waals surface area contributed by atoms with Gasteiger partial charge < -0.3 is 0 Å². The zero-order valence-corrected chi connectivity index (χ0v) is 16.5. The molecular formula is C24H31F2N. The first-order chi connectivity index (χ1) is 13.0. The molecule has 0 bridgehead atoms. The number of rotatable bonds is 7. The number of aryl methyl sites for hydroxylation is 1. The normalized spacial score (nSPS) is 24.1. The van der Waals surface area contributed by atoms with Crippen LogP contribution in [0.25, 0.3) is 0 Å². The number of nitrogens with zero attached hydrogens (tertiary/aromatic N) is 1. The summed E-state index contributed by atoms with van der Waals surface area (Å²) in [5, 5.41) is 0. The molecular weight excluding hydrogens is 340 g/mol. The molecule has 0 N–H and O–H groups in total. The van der Waals surface area contributed by atoms with Gasteiger partial charge in [0.1, 0.15) is 12.3 Å². The highest BCUT2D eigenvalue weighted by molar-refractivity contribution is 5.28. The topological polar surface area (TPSA) is 3.24 Å². The van der Waals surface area contributed by atoms with E-state index < -0.39 is 18.3 Å². The van der Waals surface area contributed by atoms with Gasteiger partial charge in [0.25, 0.3) is 0 Å². The average molecular weight is 372 g/mol. The second-order valence-corrected chi connectivity index (χ2v) is 8.02. The SMILES string of the molecule is CC(CCc1ccc(C2C(F)CCCC2F)cc1)N(C)Cc1ccccc1. The maximum atomic E-state index is 14.2. The van der Waals surface area contributed by atoms with Crippen molar-refractivity contribution in [2.24, 2.45) is 0 Å². The fourth-order valence-electron chi connectivity index (χ4n) is 4.04. The van der Waals surface area contributed by atoms with Crippen molar-refractivity contribution in [1.29, 1.82) is 0 Å². The lowest BCUT2D eigenvalue weighted by atomic mass is 9.81. The van der Waals surface area contributed by atoms with Gasteiger partial charge in [-0.05, 0) is 62.8 Å². The van der Waals surface area contributed by atoms with Crippen LogP contribution in [0.1, 0.15) is 55.2 Å². The minimum Gasteiger partial charge on any atom is -0.299 e. The molecule has 0 heterocycles. The summed E-state index contributed by atoms with van der Waals surface area (Å²) in [5.41, 5.74) is 3.37. The first-order valence-corrected chi connectivity index (χ1v) is 10.2. The molecule has 1 nitrogen and oxygen atoms in total. The van der Waals surface area contributed by atoms with Crippen LogP contribution in [-0.2, 0) is 13.0 Å². The molecule has 1 aliphatic carbocycles. The number of halogens is 2. The Morgan fingerprint density at radius 3 is 2.19 bits per heavy atom. The van der Waals surface area contributed by atoms with Gasteiger partial charge in [0, 0.05) is 18.5 Å². The van der Waals surface area contributed by atoms with Crippen molar-refractivity contribution >= 4 is 0 Å². The predicted octanol–water partition coefficient (Wildman–Crippen LogP) is 6.08. The van der Waals surface area contributed by atoms with Crippen molar-refractivity contribution in [1.82, 2.24) is 4.90 Å². The van der Waals surface area contributed by atoms with Crippen LogP contribution in [0.2, 0.25) is 0 Å². The van der Waals surface area contributed by atoms with Crippen LogP contribution in [0.3, 0.4) is 0 Å². The van der Waals surface area contributed by atoms with Crippen LogP contribution in [-0.4, -0.2) is 30.3 Å². The van der Waals surface area contributed by atoms with E-state index in [1.807, 2.05) is 30.3 Å². The summed E-state index contributed by atoms with van der Waals surface area (Å²) in [4.78, 5) is 2.37. The Morgan fingerprint density at radius 2 is 1.56 bits per heavy atom. The molecule has 1 aliphatic rings. The van der Waals surface area contributed by atoms with Crippen molar-refractivity contribution in [2.75, 3.05) is 7.05 Å². The number of alkyl halides is 2. The average Bonchev–Trinajstić information content (AvgIpc) is 2.67. The Bertz CT molecular complexity index is 675. The van der Waals surface area contributed by atoms with E-state index in [1.165, 1.54) is 11.1 Å². The molecule has 146 valence electrons. The fourth-order valence-corrected chi connectivity index (χ4v) is 4.04. The molecule has 1 fully saturated rings. The maximum Gasteiger partial charge on any atom is 0.110 e. The summed E-state index contributed by atoms with van der Waals surface area (Å²) in [7, 11) is 2.16. The Balaban J connectivity index is 1.52. The number of benzene rings is 2. The van der Waals surface area contributed by atoms with Gasteiger partial charge in [-0.1, -0.05) is 54.6 Å². The summed E-state index contributed by atoms with van der Waals surface area (Å²) in [6.45, 7) is 3.19. The molecule has 2 aromatic carbocycles. The van der Waals surface area contributed by atoms with E-state index in [9.17, 15) is 8.78 Å². The highest BCUT2D eigenvalue weighted by Crippen LogP contribution is 2.37. The van der Waals surface area contributed by atoms with Crippen molar-refractivity contribution in [3.63, 3.8) is 0 Å². The van der Waals surface area contributed by atoms with Gasteiger partial charge in [-0.3, -0.25) is 4.90 Å². The molecule has 0 radical (unpaired) electrons. The van der Waals surface area contributed by atoms with E-state index in [0.29, 0.717) is 25.3 Å². The van der Waals surface area contributed by atoms with Gasteiger partial charge in [0.2, 0.25) is 0 Å². The molecule has 3 heteroatoms. The van der Waals surface area contributed by atoms with Crippen molar-refractivity contribution in [2.45, 2.75) is 69.9 Å². The van der Waals surface area contributed by atoms with E-state index in [4.69, 9.17) is 0 Å². The van der Waals surface area contributed by atoms with E-state index in [0.717, 1.165) is 24.9 Å². The third-order valence-electron chi connectivity index (χ3n) is 5.98. The minimum absolute atomic E-state index is 0.466. The Kier molecular flexibility index (Phi) is 7.01. The summed E-state index contributed by atoms with van der Waals surface area (Å²) >= 11 is 0. The van der Waals surface area contributed by atoms with Crippen LogP contribution in [0.4, 0.5) is 8.78 Å². The van der Waals surface area contributed by atoms with Crippen molar-refractivity contribution in [3.8, 4) is 0 Å². The lowest BCUT2D eigenvalue weighted by molar-refractivity contribution is 0.124. The maximum absolute atomic E-state index is 14.2. The molecule has 3 unspecified atom stereocenters. The minimum atomic E-state index is -1.05. The number of hydrogen-bond donors (Lipinski definition) is 0. The second-order valence-electron chi connectivity index (χ2n) is 8.02. The van der Waals surface area contributed by atoms with Crippen LogP contribution >= 0.6 is 0 Å². The first-order valence-electron chi connectivity index (χ1n) is 10.2. The monoisotopic (exact) mass is 371 g/mol.